The maximum Gasteiger partial charge on any atom is 0.302 e. The number of esters is 1. The average Bonchev–Trinajstić information content (AvgIpc) is 4.13. The lowest BCUT2D eigenvalue weighted by Crippen LogP contribution is -2.69. The lowest BCUT2D eigenvalue weighted by molar-refractivity contribution is -0.406. The third-order valence-corrected chi connectivity index (χ3v) is 20.7. The maximum atomic E-state index is 12.1. The van der Waals surface area contributed by atoms with Crippen LogP contribution in [-0.4, -0.2) is 241 Å². The van der Waals surface area contributed by atoms with Crippen LogP contribution in [0.25, 0.3) is 0 Å². The van der Waals surface area contributed by atoms with Crippen molar-refractivity contribution in [2.45, 2.75) is 240 Å². The van der Waals surface area contributed by atoms with Gasteiger partial charge in [-0.2, -0.15) is 0 Å². The number of hydrogen-bond acceptors (Lipinski definition) is 24. The molecule has 12 N–H and O–H groups in total. The number of aliphatic hydroxyl groups is 12. The summed E-state index contributed by atoms with van der Waals surface area (Å²) in [5.41, 5.74) is 0.248. The number of aliphatic hydroxyl groups excluding tert-OH is 12. The van der Waals surface area contributed by atoms with Gasteiger partial charge in [0, 0.05) is 19.3 Å². The van der Waals surface area contributed by atoms with Crippen molar-refractivity contribution >= 4 is 5.97 Å². The highest BCUT2D eigenvalue weighted by Gasteiger charge is 2.69. The second-order valence-corrected chi connectivity index (χ2v) is 24.9. The van der Waals surface area contributed by atoms with Crippen LogP contribution in [0.3, 0.4) is 0 Å². The first-order valence-electron chi connectivity index (χ1n) is 28.2. The zero-order valence-electron chi connectivity index (χ0n) is 44.6. The van der Waals surface area contributed by atoms with Gasteiger partial charge in [0.25, 0.3) is 0 Å². The molecule has 10 aliphatic rings. The molecule has 0 aromatic carbocycles. The summed E-state index contributed by atoms with van der Waals surface area (Å²) in [6.07, 6.45) is -26.6. The van der Waals surface area contributed by atoms with Crippen LogP contribution in [0.15, 0.2) is 0 Å². The Kier molecular flexibility index (Phi) is 17.5. The number of hydrogen-bond donors (Lipinski definition) is 12. The first kappa shape index (κ1) is 58.8. The quantitative estimate of drug-likeness (QED) is 0.0679. The Balaban J connectivity index is 0.837. The Morgan fingerprint density at radius 3 is 1.73 bits per heavy atom. The molecular formula is C53H86O24. The molecule has 0 radical (unpaired) electrons. The molecule has 1 spiro atoms. The van der Waals surface area contributed by atoms with Gasteiger partial charge >= 0.3 is 5.97 Å². The highest BCUT2D eigenvalue weighted by Crippen LogP contribution is 2.71. The normalized spacial score (nSPS) is 55.7. The highest BCUT2D eigenvalue weighted by molar-refractivity contribution is 5.65. The lowest BCUT2D eigenvalue weighted by atomic mass is 9.44. The highest BCUT2D eigenvalue weighted by atomic mass is 16.8. The molecule has 442 valence electrons. The molecule has 0 unspecified atom stereocenters. The van der Waals surface area contributed by atoms with E-state index in [2.05, 4.69) is 27.7 Å². The first-order valence-corrected chi connectivity index (χ1v) is 28.2. The lowest BCUT2D eigenvalue weighted by Gasteiger charge is -2.61. The summed E-state index contributed by atoms with van der Waals surface area (Å²) in [6, 6.07) is 0. The fraction of sp³-hybridized carbons (Fsp3) is 0.981. The van der Waals surface area contributed by atoms with Crippen LogP contribution in [0, 0.1) is 52.3 Å². The summed E-state index contributed by atoms with van der Waals surface area (Å²) < 4.78 is 67.3. The van der Waals surface area contributed by atoms with Crippen molar-refractivity contribution in [2.24, 2.45) is 52.3 Å². The molecule has 6 aliphatic heterocycles. The van der Waals surface area contributed by atoms with Crippen LogP contribution >= 0.6 is 0 Å². The average molecular weight is 1110 g/mol. The van der Waals surface area contributed by atoms with Crippen molar-refractivity contribution in [3.8, 4) is 0 Å². The molecule has 24 heteroatoms. The number of fused-ring (bicyclic) bond motifs is 7. The largest absolute Gasteiger partial charge is 0.463 e. The zero-order chi connectivity index (χ0) is 55.2. The molecule has 32 atom stereocenters. The second-order valence-electron chi connectivity index (χ2n) is 24.9. The standard InChI is InChI=1S/C53H86O24/c1-21-8-13-53(68-19-21)22(2)34-29(77-53)15-28-26-7-6-24-14-25(9-11-51(24,4)27(26)10-12-52(28,34)5)69-47-43(66)40(63)44(32(18-56)72-47)74-50-46(76-49-42(65)39(62)36(59)31(17-55)71-49)45(37(60)33(73-50)20-67-23(3)57)75-48-41(64)38(61)35(58)30(16-54)70-48/h21-22,24-50,54-56,58-66H,6-20H2,1-5H3/t21-,22+,24+,25+,26-,27+,28+,29+,30-,31-,32-,33-,34+,35-,36-,37-,38+,39+,40-,41-,42-,43-,44+,45+,46-,47-,48+,49+,50+,51+,52+,53-/m1/s1. The fourth-order valence-electron chi connectivity index (χ4n) is 16.3. The van der Waals surface area contributed by atoms with Crippen LogP contribution in [0.1, 0.15) is 98.8 Å². The third kappa shape index (κ3) is 10.5. The van der Waals surface area contributed by atoms with Crippen LogP contribution in [0.5, 0.6) is 0 Å². The number of ether oxygens (including phenoxy) is 11. The van der Waals surface area contributed by atoms with Crippen LogP contribution in [0.2, 0.25) is 0 Å². The monoisotopic (exact) mass is 1110 g/mol. The molecule has 24 nitrogen and oxygen atoms in total. The smallest absolute Gasteiger partial charge is 0.302 e. The van der Waals surface area contributed by atoms with Gasteiger partial charge in [0.1, 0.15) is 104 Å². The van der Waals surface area contributed by atoms with E-state index in [1.165, 1.54) is 0 Å². The summed E-state index contributed by atoms with van der Waals surface area (Å²) in [5, 5.41) is 131. The van der Waals surface area contributed by atoms with E-state index >= 15 is 0 Å². The molecule has 10 rings (SSSR count). The predicted octanol–water partition coefficient (Wildman–Crippen LogP) is -2.34. The molecule has 0 aromatic heterocycles. The van der Waals surface area contributed by atoms with E-state index < -0.39 is 161 Å². The Morgan fingerprint density at radius 2 is 1.12 bits per heavy atom. The van der Waals surface area contributed by atoms with Gasteiger partial charge in [-0.1, -0.05) is 27.7 Å². The van der Waals surface area contributed by atoms with Crippen molar-refractivity contribution in [1.82, 2.24) is 0 Å². The van der Waals surface area contributed by atoms with Crippen LogP contribution in [-0.2, 0) is 56.9 Å². The predicted molar refractivity (Wildman–Crippen MR) is 258 cm³/mol. The summed E-state index contributed by atoms with van der Waals surface area (Å²) in [6.45, 7) is 8.20. The van der Waals surface area contributed by atoms with E-state index in [0.29, 0.717) is 54.3 Å². The Labute approximate surface area is 448 Å². The van der Waals surface area contributed by atoms with Gasteiger partial charge in [0.05, 0.1) is 38.6 Å². The molecular weight excluding hydrogens is 1020 g/mol. The second kappa shape index (κ2) is 23.0. The summed E-state index contributed by atoms with van der Waals surface area (Å²) >= 11 is 0. The molecule has 6 heterocycles. The molecule has 0 bridgehead atoms. The molecule has 10 fully saturated rings. The van der Waals surface area contributed by atoms with Gasteiger partial charge in [0.15, 0.2) is 30.9 Å². The van der Waals surface area contributed by atoms with Crippen molar-refractivity contribution in [3.05, 3.63) is 0 Å². The van der Waals surface area contributed by atoms with E-state index in [9.17, 15) is 66.1 Å². The van der Waals surface area contributed by atoms with Gasteiger partial charge in [-0.15, -0.1) is 0 Å². The van der Waals surface area contributed by atoms with Gasteiger partial charge in [0.2, 0.25) is 0 Å². The maximum absolute atomic E-state index is 12.1. The van der Waals surface area contributed by atoms with Gasteiger partial charge in [-0.3, -0.25) is 4.79 Å². The molecule has 4 aliphatic carbocycles. The Morgan fingerprint density at radius 1 is 0.545 bits per heavy atom. The van der Waals surface area contributed by atoms with Gasteiger partial charge in [-0.25, -0.2) is 0 Å². The fourth-order valence-corrected chi connectivity index (χ4v) is 16.3. The molecule has 77 heavy (non-hydrogen) atoms. The van der Waals surface area contributed by atoms with E-state index in [1.54, 1.807) is 0 Å². The summed E-state index contributed by atoms with van der Waals surface area (Å²) in [4.78, 5) is 12.1. The van der Waals surface area contributed by atoms with E-state index in [0.717, 1.165) is 64.9 Å². The number of carbonyl (C=O) groups excluding carboxylic acids is 1. The molecule has 0 aromatic rings. The van der Waals surface area contributed by atoms with Gasteiger partial charge in [-0.05, 0) is 104 Å². The molecule has 4 saturated carbocycles. The van der Waals surface area contributed by atoms with E-state index in [4.69, 9.17) is 52.1 Å². The zero-order valence-corrected chi connectivity index (χ0v) is 44.6. The van der Waals surface area contributed by atoms with Crippen LogP contribution in [0.4, 0.5) is 0 Å². The van der Waals surface area contributed by atoms with Crippen LogP contribution < -0.4 is 0 Å². The minimum atomic E-state index is -2.06. The van der Waals surface area contributed by atoms with E-state index in [1.807, 2.05) is 0 Å². The third-order valence-electron chi connectivity index (χ3n) is 20.7. The van der Waals surface area contributed by atoms with Gasteiger partial charge < -0.3 is 113 Å². The summed E-state index contributed by atoms with van der Waals surface area (Å²) in [5.74, 6) is 2.12. The van der Waals surface area contributed by atoms with Crippen molar-refractivity contribution < 1.29 is 118 Å². The molecule has 0 amide bonds. The minimum absolute atomic E-state index is 0.0652. The first-order chi connectivity index (χ1) is 36.6. The Bertz CT molecular complexity index is 1990. The van der Waals surface area contributed by atoms with Crippen molar-refractivity contribution in [3.63, 3.8) is 0 Å². The molecule has 6 saturated heterocycles. The minimum Gasteiger partial charge on any atom is -0.463 e. The topological polar surface area (TPSA) is 361 Å². The van der Waals surface area contributed by atoms with Crippen molar-refractivity contribution in [1.29, 1.82) is 0 Å². The van der Waals surface area contributed by atoms with E-state index in [-0.39, 0.29) is 23.0 Å². The number of rotatable bonds is 13. The number of carbonyl (C=O) groups is 1. The van der Waals surface area contributed by atoms with Crippen molar-refractivity contribution in [2.75, 3.05) is 33.0 Å². The Hall–Kier alpha value is -1.41. The summed E-state index contributed by atoms with van der Waals surface area (Å²) in [7, 11) is 0. The SMILES string of the molecule is CC(=O)OC[C@H]1O[C@@H](O[C@@H]2[C@H](O)[C@@H](O)[C@H](O[C@H]3CC[C@@]4(C)[C@@H](CC[C@@H]5[C@@H]4CC[C@]4(C)[C@@H]6[C@H](C[C@@H]54)O[C@]4(CC[C@@H](C)CO4)[C@H]6C)C3)O[C@@H]2CO)[C@H](O[C@@H]2O[C@H](CO)[C@@H](O)[C@H](O)[C@H]2O)[C@@H](O[C@@H]2O[C@H](CO)[C@@H](O)[C@H](O)[C@H]2O)[C@@H]1O.